The van der Waals surface area contributed by atoms with E-state index in [1.807, 2.05) is 0 Å². The van der Waals surface area contributed by atoms with Crippen LogP contribution in [-0.4, -0.2) is 44.4 Å². The van der Waals surface area contributed by atoms with E-state index >= 15 is 0 Å². The van der Waals surface area contributed by atoms with Gasteiger partial charge in [-0.2, -0.15) is 8.42 Å². The van der Waals surface area contributed by atoms with Crippen LogP contribution >= 0.6 is 11.6 Å². The van der Waals surface area contributed by atoms with Gasteiger partial charge in [0.05, 0.1) is 6.10 Å². The van der Waals surface area contributed by atoms with E-state index in [9.17, 15) is 18.0 Å². The molecule has 1 N–H and O–H groups in total. The van der Waals surface area contributed by atoms with Gasteiger partial charge in [0.15, 0.2) is 0 Å². The molecule has 1 saturated heterocycles. The zero-order valence-electron chi connectivity index (χ0n) is 19.5. The predicted molar refractivity (Wildman–Crippen MR) is 132 cm³/mol. The van der Waals surface area contributed by atoms with E-state index in [0.717, 1.165) is 32.1 Å². The summed E-state index contributed by atoms with van der Waals surface area (Å²) in [6.45, 7) is 2.66. The third-order valence-corrected chi connectivity index (χ3v) is 7.74. The normalized spacial score (nSPS) is 18.1. The predicted octanol–water partition coefficient (Wildman–Crippen LogP) is 4.37. The van der Waals surface area contributed by atoms with Crippen LogP contribution in [0.15, 0.2) is 47.4 Å². The molecule has 0 radical (unpaired) electrons. The second-order valence-corrected chi connectivity index (χ2v) is 11.0. The number of carbonyl (C=O) groups excluding carboxylic acids is 2. The lowest BCUT2D eigenvalue weighted by Crippen LogP contribution is -2.42. The van der Waals surface area contributed by atoms with Crippen LogP contribution in [0.25, 0.3) is 0 Å². The molecule has 0 bridgehead atoms. The summed E-state index contributed by atoms with van der Waals surface area (Å²) in [5, 5.41) is 3.01. The first-order valence-corrected chi connectivity index (χ1v) is 13.5. The number of rotatable bonds is 9. The zero-order chi connectivity index (χ0) is 25.0. The molecule has 1 unspecified atom stereocenters. The minimum atomic E-state index is -4.17. The molecule has 2 aromatic carbocycles. The summed E-state index contributed by atoms with van der Waals surface area (Å²) in [5.41, 5.74) is 0.976. The topological polar surface area (TPSA) is 102 Å². The van der Waals surface area contributed by atoms with Crippen LogP contribution < -0.4 is 9.50 Å². The van der Waals surface area contributed by atoms with Crippen molar-refractivity contribution in [1.29, 1.82) is 0 Å². The zero-order valence-corrected chi connectivity index (χ0v) is 21.1. The van der Waals surface area contributed by atoms with E-state index in [0.29, 0.717) is 29.4 Å². The molecule has 0 spiro atoms. The lowest BCUT2D eigenvalue weighted by Gasteiger charge is -2.33. The van der Waals surface area contributed by atoms with Crippen molar-refractivity contribution in [1.82, 2.24) is 4.90 Å². The molecule has 2 aliphatic rings. The Hall–Kier alpha value is -2.62. The molecule has 188 valence electrons. The molecule has 8 nitrogen and oxygen atoms in total. The molecular weight excluding hydrogens is 492 g/mol. The number of anilines is 1. The van der Waals surface area contributed by atoms with Crippen molar-refractivity contribution in [2.45, 2.75) is 56.6 Å². The highest BCUT2D eigenvalue weighted by molar-refractivity contribution is 7.87. The SMILES string of the molecule is CC(=O)Nc1ccc(S(=O)(=O)Oc2ccc(Cl)cc2CN(CC2CCCO2)C(=O)C2CCC2)cc1. The highest BCUT2D eigenvalue weighted by Crippen LogP contribution is 2.32. The van der Waals surface area contributed by atoms with Crippen molar-refractivity contribution >= 4 is 39.2 Å². The fraction of sp³-hybridized carbons (Fsp3) is 0.440. The molecule has 0 aromatic heterocycles. The summed E-state index contributed by atoms with van der Waals surface area (Å²) in [6, 6.07) is 10.4. The van der Waals surface area contributed by atoms with Crippen molar-refractivity contribution in [3.63, 3.8) is 0 Å². The van der Waals surface area contributed by atoms with E-state index in [1.54, 1.807) is 17.0 Å². The van der Waals surface area contributed by atoms with Gasteiger partial charge in [0.2, 0.25) is 11.8 Å². The number of hydrogen-bond donors (Lipinski definition) is 1. The summed E-state index contributed by atoms with van der Waals surface area (Å²) in [5.74, 6) is -0.106. The number of nitrogens with zero attached hydrogens (tertiary/aromatic N) is 1. The minimum Gasteiger partial charge on any atom is -0.379 e. The number of amides is 2. The number of nitrogens with one attached hydrogen (secondary N) is 1. The summed E-state index contributed by atoms with van der Waals surface area (Å²) in [4.78, 5) is 26.1. The first kappa shape index (κ1) is 25.5. The van der Waals surface area contributed by atoms with Crippen molar-refractivity contribution in [3.8, 4) is 5.75 Å². The van der Waals surface area contributed by atoms with Crippen LogP contribution in [0.4, 0.5) is 5.69 Å². The number of carbonyl (C=O) groups is 2. The maximum atomic E-state index is 13.2. The average Bonchev–Trinajstić information content (AvgIpc) is 3.27. The third kappa shape index (κ3) is 6.54. The van der Waals surface area contributed by atoms with E-state index in [2.05, 4.69) is 5.32 Å². The highest BCUT2D eigenvalue weighted by Gasteiger charge is 2.32. The van der Waals surface area contributed by atoms with Gasteiger partial charge in [0, 0.05) is 48.8 Å². The van der Waals surface area contributed by atoms with Crippen molar-refractivity contribution in [3.05, 3.63) is 53.1 Å². The molecule has 1 aliphatic carbocycles. The number of ether oxygens (including phenoxy) is 1. The minimum absolute atomic E-state index is 0.00850. The van der Waals surface area contributed by atoms with E-state index in [1.165, 1.54) is 37.3 Å². The van der Waals surface area contributed by atoms with Crippen LogP contribution in [0.5, 0.6) is 5.75 Å². The van der Waals surface area contributed by atoms with Crippen LogP contribution in [0.2, 0.25) is 5.02 Å². The second kappa shape index (κ2) is 11.0. The first-order chi connectivity index (χ1) is 16.7. The lowest BCUT2D eigenvalue weighted by molar-refractivity contribution is -0.140. The highest BCUT2D eigenvalue weighted by atomic mass is 35.5. The second-order valence-electron chi connectivity index (χ2n) is 8.98. The fourth-order valence-electron chi connectivity index (χ4n) is 4.21. The Labute approximate surface area is 210 Å². The maximum absolute atomic E-state index is 13.2. The Morgan fingerprint density at radius 3 is 2.46 bits per heavy atom. The van der Waals surface area contributed by atoms with Crippen LogP contribution in [0, 0.1) is 5.92 Å². The van der Waals surface area contributed by atoms with Gasteiger partial charge in [-0.05, 0) is 68.1 Å². The molecule has 10 heteroatoms. The number of hydrogen-bond acceptors (Lipinski definition) is 6. The molecular formula is C25H29ClN2O6S. The largest absolute Gasteiger partial charge is 0.379 e. The Morgan fingerprint density at radius 1 is 1.11 bits per heavy atom. The Balaban J connectivity index is 1.56. The standard InChI is InChI=1S/C25H29ClN2O6S/c1-17(29)27-21-8-10-23(11-9-21)35(31,32)34-24-12-7-20(26)14-19(24)15-28(16-22-6-3-13-33-22)25(30)18-4-2-5-18/h7-12,14,18,22H,2-6,13,15-16H2,1H3,(H,27,29). The third-order valence-electron chi connectivity index (χ3n) is 6.26. The fourth-order valence-corrected chi connectivity index (χ4v) is 5.37. The van der Waals surface area contributed by atoms with Crippen molar-refractivity contribution < 1.29 is 26.9 Å². The van der Waals surface area contributed by atoms with Gasteiger partial charge in [-0.25, -0.2) is 0 Å². The maximum Gasteiger partial charge on any atom is 0.339 e. The molecule has 2 fully saturated rings. The van der Waals surface area contributed by atoms with Crippen molar-refractivity contribution in [2.24, 2.45) is 5.92 Å². The van der Waals surface area contributed by atoms with Crippen molar-refractivity contribution in [2.75, 3.05) is 18.5 Å². The molecule has 1 saturated carbocycles. The smallest absolute Gasteiger partial charge is 0.339 e. The monoisotopic (exact) mass is 520 g/mol. The van der Waals surface area contributed by atoms with E-state index in [4.69, 9.17) is 20.5 Å². The average molecular weight is 521 g/mol. The summed E-state index contributed by atoms with van der Waals surface area (Å²) >= 11 is 6.23. The molecule has 1 aliphatic heterocycles. The van der Waals surface area contributed by atoms with Crippen LogP contribution in [0.3, 0.4) is 0 Å². The quantitative estimate of drug-likeness (QED) is 0.492. The molecule has 1 heterocycles. The van der Waals surface area contributed by atoms with E-state index in [-0.39, 0.29) is 41.0 Å². The van der Waals surface area contributed by atoms with Gasteiger partial charge in [-0.15, -0.1) is 0 Å². The summed E-state index contributed by atoms with van der Waals surface area (Å²) in [6.07, 6.45) is 4.57. The van der Waals surface area contributed by atoms with Gasteiger partial charge in [-0.3, -0.25) is 9.59 Å². The first-order valence-electron chi connectivity index (χ1n) is 11.7. The molecule has 2 aromatic rings. The van der Waals surface area contributed by atoms with Crippen LogP contribution in [0.1, 0.15) is 44.6 Å². The lowest BCUT2D eigenvalue weighted by atomic mass is 9.84. The summed E-state index contributed by atoms with van der Waals surface area (Å²) < 4.78 is 37.2. The van der Waals surface area contributed by atoms with Gasteiger partial charge in [0.25, 0.3) is 0 Å². The Bertz CT molecular complexity index is 1170. The van der Waals surface area contributed by atoms with Gasteiger partial charge in [-0.1, -0.05) is 18.0 Å². The molecule has 35 heavy (non-hydrogen) atoms. The van der Waals surface area contributed by atoms with Crippen LogP contribution in [-0.2, 0) is 31.0 Å². The van der Waals surface area contributed by atoms with Gasteiger partial charge >= 0.3 is 10.1 Å². The molecule has 1 atom stereocenters. The van der Waals surface area contributed by atoms with E-state index < -0.39 is 10.1 Å². The van der Waals surface area contributed by atoms with Gasteiger partial charge in [0.1, 0.15) is 10.6 Å². The molecule has 4 rings (SSSR count). The number of halogens is 1. The Kier molecular flexibility index (Phi) is 7.98. The Morgan fingerprint density at radius 2 is 1.86 bits per heavy atom. The summed E-state index contributed by atoms with van der Waals surface area (Å²) in [7, 11) is -4.17. The van der Waals surface area contributed by atoms with Gasteiger partial charge < -0.3 is 19.1 Å². The number of benzene rings is 2. The molecule has 2 amide bonds.